The first-order valence-corrected chi connectivity index (χ1v) is 6.75. The summed E-state index contributed by atoms with van der Waals surface area (Å²) in [5.41, 5.74) is 0. The average Bonchev–Trinajstić information content (AvgIpc) is 2.95. The Bertz CT molecular complexity index is 473. The van der Waals surface area contributed by atoms with Crippen molar-refractivity contribution in [1.29, 1.82) is 0 Å². The summed E-state index contributed by atoms with van der Waals surface area (Å²) in [6, 6.07) is 4.68. The van der Waals surface area contributed by atoms with Gasteiger partial charge >= 0.3 is 0 Å². The summed E-state index contributed by atoms with van der Waals surface area (Å²) in [6.07, 6.45) is 4.81. The van der Waals surface area contributed by atoms with Crippen LogP contribution in [0.4, 0.5) is 0 Å². The third-order valence-electron chi connectivity index (χ3n) is 2.55. The molecule has 2 aromatic rings. The molecule has 0 unspecified atom stereocenters. The quantitative estimate of drug-likeness (QED) is 0.809. The fourth-order valence-electron chi connectivity index (χ4n) is 1.52. The van der Waals surface area contributed by atoms with Gasteiger partial charge in [0.25, 0.3) is 0 Å². The minimum absolute atomic E-state index is 0.376. The van der Waals surface area contributed by atoms with Crippen LogP contribution in [-0.4, -0.2) is 9.78 Å². The summed E-state index contributed by atoms with van der Waals surface area (Å²) in [5, 5.41) is 4.24. The van der Waals surface area contributed by atoms with Gasteiger partial charge in [0.15, 0.2) is 5.75 Å². The van der Waals surface area contributed by atoms with Gasteiger partial charge in [0.2, 0.25) is 0 Å². The highest BCUT2D eigenvalue weighted by atomic mass is 32.1. The Morgan fingerprint density at radius 3 is 2.71 bits per heavy atom. The second-order valence-electron chi connectivity index (χ2n) is 4.26. The molecular weight excluding hydrogens is 232 g/mol. The van der Waals surface area contributed by atoms with E-state index in [0.29, 0.717) is 12.6 Å². The smallest absolute Gasteiger partial charge is 0.157 e. The summed E-state index contributed by atoms with van der Waals surface area (Å²) >= 11 is 1.81. The van der Waals surface area contributed by atoms with E-state index in [1.54, 1.807) is 6.20 Å². The first-order chi connectivity index (χ1) is 8.19. The van der Waals surface area contributed by atoms with Crippen LogP contribution in [0.5, 0.6) is 5.75 Å². The molecule has 3 nitrogen and oxygen atoms in total. The van der Waals surface area contributed by atoms with Crippen molar-refractivity contribution in [3.05, 3.63) is 34.3 Å². The molecule has 0 spiro atoms. The van der Waals surface area contributed by atoms with Gasteiger partial charge in [0.1, 0.15) is 6.61 Å². The molecule has 0 fully saturated rings. The summed E-state index contributed by atoms with van der Waals surface area (Å²) < 4.78 is 7.61. The zero-order chi connectivity index (χ0) is 12.3. The van der Waals surface area contributed by atoms with Crippen molar-refractivity contribution >= 4 is 11.3 Å². The Hall–Kier alpha value is -1.29. The van der Waals surface area contributed by atoms with Crippen molar-refractivity contribution in [3.63, 3.8) is 0 Å². The predicted octanol–water partition coefficient (Wildman–Crippen LogP) is 3.67. The molecule has 0 aliphatic carbocycles. The Labute approximate surface area is 106 Å². The molecule has 17 heavy (non-hydrogen) atoms. The maximum Gasteiger partial charge on any atom is 0.157 e. The molecule has 0 amide bonds. The minimum Gasteiger partial charge on any atom is -0.485 e. The van der Waals surface area contributed by atoms with E-state index in [4.69, 9.17) is 4.74 Å². The molecule has 0 saturated heterocycles. The van der Waals surface area contributed by atoms with Crippen molar-refractivity contribution < 1.29 is 4.74 Å². The topological polar surface area (TPSA) is 27.1 Å². The van der Waals surface area contributed by atoms with Crippen molar-refractivity contribution in [3.8, 4) is 5.75 Å². The predicted molar refractivity (Wildman–Crippen MR) is 70.6 cm³/mol. The van der Waals surface area contributed by atoms with Crippen LogP contribution < -0.4 is 4.74 Å². The van der Waals surface area contributed by atoms with Gasteiger partial charge in [-0.05, 0) is 32.4 Å². The summed E-state index contributed by atoms with van der Waals surface area (Å²) in [6.45, 7) is 7.00. The fraction of sp³-hybridized carbons (Fsp3) is 0.462. The monoisotopic (exact) mass is 250 g/mol. The van der Waals surface area contributed by atoms with Crippen LogP contribution in [0, 0.1) is 0 Å². The normalized spacial score (nSPS) is 11.1. The lowest BCUT2D eigenvalue weighted by atomic mass is 10.4. The Morgan fingerprint density at radius 1 is 1.35 bits per heavy atom. The third-order valence-corrected chi connectivity index (χ3v) is 3.76. The van der Waals surface area contributed by atoms with E-state index < -0.39 is 0 Å². The number of nitrogens with zero attached hydrogens (tertiary/aromatic N) is 2. The molecule has 0 bridgehead atoms. The molecule has 0 aliphatic rings. The van der Waals surface area contributed by atoms with Crippen LogP contribution in [0.1, 0.15) is 36.6 Å². The van der Waals surface area contributed by atoms with Gasteiger partial charge < -0.3 is 4.74 Å². The third kappa shape index (κ3) is 3.09. The summed E-state index contributed by atoms with van der Waals surface area (Å²) in [5.74, 6) is 0.838. The Morgan fingerprint density at radius 2 is 2.12 bits per heavy atom. The van der Waals surface area contributed by atoms with E-state index in [-0.39, 0.29) is 0 Å². The van der Waals surface area contributed by atoms with E-state index in [9.17, 15) is 0 Å². The largest absolute Gasteiger partial charge is 0.485 e. The van der Waals surface area contributed by atoms with E-state index >= 15 is 0 Å². The first kappa shape index (κ1) is 12.2. The number of ether oxygens (including phenoxy) is 1. The molecule has 0 aromatic carbocycles. The second kappa shape index (κ2) is 5.36. The Balaban J connectivity index is 1.92. The maximum atomic E-state index is 5.71. The van der Waals surface area contributed by atoms with Gasteiger partial charge in [-0.2, -0.15) is 5.10 Å². The number of hydrogen-bond acceptors (Lipinski definition) is 3. The van der Waals surface area contributed by atoms with E-state index in [1.807, 2.05) is 22.2 Å². The number of thiophene rings is 1. The molecule has 0 aliphatic heterocycles. The van der Waals surface area contributed by atoms with Crippen LogP contribution >= 0.6 is 11.3 Å². The summed E-state index contributed by atoms with van der Waals surface area (Å²) in [7, 11) is 0. The molecular formula is C13H18N2OS. The lowest BCUT2D eigenvalue weighted by molar-refractivity contribution is 0.309. The van der Waals surface area contributed by atoms with Crippen molar-refractivity contribution in [2.45, 2.75) is 39.8 Å². The number of aryl methyl sites for hydroxylation is 1. The molecule has 2 heterocycles. The van der Waals surface area contributed by atoms with Gasteiger partial charge in [-0.15, -0.1) is 11.3 Å². The Kier molecular flexibility index (Phi) is 3.84. The van der Waals surface area contributed by atoms with Gasteiger partial charge in [-0.25, -0.2) is 0 Å². The number of aromatic nitrogens is 2. The number of rotatable bonds is 5. The molecule has 2 aromatic heterocycles. The van der Waals surface area contributed by atoms with Crippen molar-refractivity contribution in [2.75, 3.05) is 0 Å². The average molecular weight is 250 g/mol. The molecule has 0 radical (unpaired) electrons. The highest BCUT2D eigenvalue weighted by Crippen LogP contribution is 2.20. The van der Waals surface area contributed by atoms with E-state index in [2.05, 4.69) is 38.0 Å². The van der Waals surface area contributed by atoms with Crippen LogP contribution in [-0.2, 0) is 13.0 Å². The zero-order valence-corrected chi connectivity index (χ0v) is 11.3. The maximum absolute atomic E-state index is 5.71. The highest BCUT2D eigenvalue weighted by molar-refractivity contribution is 7.11. The van der Waals surface area contributed by atoms with E-state index in [1.165, 1.54) is 9.75 Å². The van der Waals surface area contributed by atoms with Gasteiger partial charge in [0, 0.05) is 15.8 Å². The summed E-state index contributed by atoms with van der Waals surface area (Å²) in [4.78, 5) is 2.67. The fourth-order valence-corrected chi connectivity index (χ4v) is 2.39. The van der Waals surface area contributed by atoms with Crippen LogP contribution in [0.2, 0.25) is 0 Å². The lowest BCUT2D eigenvalue weighted by Gasteiger charge is -2.03. The van der Waals surface area contributed by atoms with Crippen LogP contribution in [0.25, 0.3) is 0 Å². The molecule has 4 heteroatoms. The van der Waals surface area contributed by atoms with Gasteiger partial charge in [-0.3, -0.25) is 4.68 Å². The van der Waals surface area contributed by atoms with Gasteiger partial charge in [0.05, 0.1) is 12.4 Å². The standard InChI is InChI=1S/C13H18N2OS/c1-4-12-5-6-13(17-12)9-16-11-7-14-15(8-11)10(2)3/h5-8,10H,4,9H2,1-3H3. The highest BCUT2D eigenvalue weighted by Gasteiger charge is 2.04. The van der Waals surface area contributed by atoms with Crippen molar-refractivity contribution in [2.24, 2.45) is 0 Å². The molecule has 2 rings (SSSR count). The van der Waals surface area contributed by atoms with E-state index in [0.717, 1.165) is 12.2 Å². The number of hydrogen-bond donors (Lipinski definition) is 0. The zero-order valence-electron chi connectivity index (χ0n) is 10.5. The van der Waals surface area contributed by atoms with Crippen LogP contribution in [0.15, 0.2) is 24.5 Å². The molecule has 0 atom stereocenters. The molecule has 0 saturated carbocycles. The lowest BCUT2D eigenvalue weighted by Crippen LogP contribution is -1.99. The second-order valence-corrected chi connectivity index (χ2v) is 5.51. The molecule has 0 N–H and O–H groups in total. The van der Waals surface area contributed by atoms with Gasteiger partial charge in [-0.1, -0.05) is 6.92 Å². The van der Waals surface area contributed by atoms with Crippen molar-refractivity contribution in [1.82, 2.24) is 9.78 Å². The molecule has 92 valence electrons. The first-order valence-electron chi connectivity index (χ1n) is 5.93. The SMILES string of the molecule is CCc1ccc(COc2cnn(C(C)C)c2)s1. The van der Waals surface area contributed by atoms with Crippen LogP contribution in [0.3, 0.4) is 0 Å². The minimum atomic E-state index is 0.376.